The molecule has 1 aliphatic rings. The van der Waals surface area contributed by atoms with Crippen molar-refractivity contribution in [2.75, 3.05) is 26.2 Å². The van der Waals surface area contributed by atoms with E-state index in [4.69, 9.17) is 0 Å². The molecule has 0 aromatic carbocycles. The summed E-state index contributed by atoms with van der Waals surface area (Å²) in [5.74, 6) is -0.0611. The summed E-state index contributed by atoms with van der Waals surface area (Å²) >= 11 is 4.73. The summed E-state index contributed by atoms with van der Waals surface area (Å²) in [6.45, 7) is 1.28. The van der Waals surface area contributed by atoms with Crippen LogP contribution in [0.25, 0.3) is 11.0 Å². The van der Waals surface area contributed by atoms with E-state index in [-0.39, 0.29) is 23.9 Å². The molecule has 1 N–H and O–H groups in total. The van der Waals surface area contributed by atoms with Crippen molar-refractivity contribution in [1.82, 2.24) is 19.2 Å². The van der Waals surface area contributed by atoms with Gasteiger partial charge in [0, 0.05) is 44.0 Å². The van der Waals surface area contributed by atoms with Crippen molar-refractivity contribution in [3.05, 3.63) is 45.3 Å². The van der Waals surface area contributed by atoms with Crippen molar-refractivity contribution in [1.29, 1.82) is 0 Å². The molecule has 0 saturated carbocycles. The van der Waals surface area contributed by atoms with E-state index < -0.39 is 10.0 Å². The lowest BCUT2D eigenvalue weighted by Gasteiger charge is -2.33. The number of aromatic amines is 1. The zero-order valence-corrected chi connectivity index (χ0v) is 16.8. The van der Waals surface area contributed by atoms with E-state index in [9.17, 15) is 13.2 Å². The van der Waals surface area contributed by atoms with Crippen LogP contribution in [0.2, 0.25) is 0 Å². The Bertz CT molecular complexity index is 1070. The van der Waals surface area contributed by atoms with Gasteiger partial charge in [0.25, 0.3) is 5.91 Å². The van der Waals surface area contributed by atoms with Crippen molar-refractivity contribution in [3.8, 4) is 0 Å². The molecule has 136 valence electrons. The molecule has 0 unspecified atom stereocenters. The number of carbonyl (C=O) groups excluding carboxylic acids is 1. The highest BCUT2D eigenvalue weighted by molar-refractivity contribution is 9.11. The van der Waals surface area contributed by atoms with E-state index in [1.165, 1.54) is 21.8 Å². The lowest BCUT2D eigenvalue weighted by molar-refractivity contribution is 0.0703. The van der Waals surface area contributed by atoms with Gasteiger partial charge in [-0.15, -0.1) is 11.3 Å². The summed E-state index contributed by atoms with van der Waals surface area (Å²) in [6.07, 6.45) is 3.09. The Morgan fingerprint density at radius 3 is 2.65 bits per heavy atom. The van der Waals surface area contributed by atoms with Crippen LogP contribution in [0.1, 0.15) is 9.67 Å². The molecule has 1 saturated heterocycles. The number of H-pyrrole nitrogens is 1. The van der Waals surface area contributed by atoms with Crippen LogP contribution in [0.4, 0.5) is 0 Å². The normalized spacial score (nSPS) is 16.3. The first-order chi connectivity index (χ1) is 12.5. The molecule has 0 radical (unpaired) electrons. The zero-order valence-electron chi connectivity index (χ0n) is 13.6. The average Bonchev–Trinajstić information content (AvgIpc) is 3.28. The lowest BCUT2D eigenvalue weighted by Crippen LogP contribution is -2.50. The third-order valence-electron chi connectivity index (χ3n) is 4.34. The first kappa shape index (κ1) is 17.7. The maximum atomic E-state index is 13.0. The summed E-state index contributed by atoms with van der Waals surface area (Å²) in [5.41, 5.74) is 0.545. The number of nitrogens with zero attached hydrogens (tertiary/aromatic N) is 3. The number of rotatable bonds is 3. The van der Waals surface area contributed by atoms with Crippen LogP contribution in [0, 0.1) is 0 Å². The highest BCUT2D eigenvalue weighted by Crippen LogP contribution is 2.27. The molecule has 3 aromatic rings. The summed E-state index contributed by atoms with van der Waals surface area (Å²) in [7, 11) is -3.64. The number of thiophene rings is 1. The number of hydrogen-bond donors (Lipinski definition) is 1. The highest BCUT2D eigenvalue weighted by atomic mass is 79.9. The first-order valence-electron chi connectivity index (χ1n) is 7.94. The summed E-state index contributed by atoms with van der Waals surface area (Å²) < 4.78 is 28.3. The van der Waals surface area contributed by atoms with Gasteiger partial charge in [-0.1, -0.05) is 0 Å². The van der Waals surface area contributed by atoms with Crippen molar-refractivity contribution in [2.24, 2.45) is 0 Å². The number of aromatic nitrogens is 2. The molecule has 0 spiro atoms. The van der Waals surface area contributed by atoms with E-state index in [0.29, 0.717) is 29.0 Å². The minimum atomic E-state index is -3.64. The number of piperazine rings is 1. The number of amides is 1. The standard InChI is InChI=1S/C16H15BrN4O3S2/c17-14-4-3-12(25-14)16(22)20-6-8-21(9-7-20)26(23,24)13-10-19-15-11(13)2-1-5-18-15/h1-5,10H,6-9H2,(H,18,19). The highest BCUT2D eigenvalue weighted by Gasteiger charge is 2.32. The van der Waals surface area contributed by atoms with E-state index in [1.807, 2.05) is 6.07 Å². The smallest absolute Gasteiger partial charge is 0.264 e. The van der Waals surface area contributed by atoms with E-state index in [1.54, 1.807) is 29.3 Å². The fraction of sp³-hybridized carbons (Fsp3) is 0.250. The topological polar surface area (TPSA) is 86.4 Å². The largest absolute Gasteiger partial charge is 0.345 e. The molecule has 1 fully saturated rings. The first-order valence-corrected chi connectivity index (χ1v) is 11.0. The fourth-order valence-corrected chi connectivity index (χ4v) is 5.93. The predicted octanol–water partition coefficient (Wildman–Crippen LogP) is 2.53. The minimum absolute atomic E-state index is 0.0611. The van der Waals surface area contributed by atoms with Crippen LogP contribution in [-0.4, -0.2) is 59.7 Å². The van der Waals surface area contributed by atoms with Gasteiger partial charge in [0.1, 0.15) is 10.5 Å². The number of pyridine rings is 1. The Labute approximate surface area is 162 Å². The number of carbonyl (C=O) groups is 1. The molecule has 0 atom stereocenters. The Kier molecular flexibility index (Phi) is 4.59. The van der Waals surface area contributed by atoms with Crippen LogP contribution in [0.5, 0.6) is 0 Å². The third-order valence-corrected chi connectivity index (χ3v) is 7.89. The molecular formula is C16H15BrN4O3S2. The minimum Gasteiger partial charge on any atom is -0.345 e. The second-order valence-corrected chi connectivity index (χ2v) is 10.2. The number of fused-ring (bicyclic) bond motifs is 1. The maximum absolute atomic E-state index is 13.0. The van der Waals surface area contributed by atoms with Crippen LogP contribution >= 0.6 is 27.3 Å². The summed E-state index contributed by atoms with van der Waals surface area (Å²) in [4.78, 5) is 22.1. The Morgan fingerprint density at radius 1 is 1.19 bits per heavy atom. The molecule has 1 aliphatic heterocycles. The SMILES string of the molecule is O=C(c1ccc(Br)s1)N1CCN(S(=O)(=O)c2c[nH]c3ncccc23)CC1. The summed E-state index contributed by atoms with van der Waals surface area (Å²) in [5, 5.41) is 0.578. The van der Waals surface area contributed by atoms with Gasteiger partial charge >= 0.3 is 0 Å². The fourth-order valence-electron chi connectivity index (χ4n) is 3.00. The monoisotopic (exact) mass is 454 g/mol. The quantitative estimate of drug-likeness (QED) is 0.658. The van der Waals surface area contributed by atoms with Crippen LogP contribution in [0.15, 0.2) is 45.3 Å². The molecular weight excluding hydrogens is 440 g/mol. The van der Waals surface area contributed by atoms with Crippen molar-refractivity contribution < 1.29 is 13.2 Å². The third kappa shape index (κ3) is 3.07. The van der Waals surface area contributed by atoms with Crippen molar-refractivity contribution in [2.45, 2.75) is 4.90 Å². The van der Waals surface area contributed by atoms with Gasteiger partial charge in [-0.25, -0.2) is 13.4 Å². The predicted molar refractivity (Wildman–Crippen MR) is 103 cm³/mol. The van der Waals surface area contributed by atoms with Gasteiger partial charge < -0.3 is 9.88 Å². The van der Waals surface area contributed by atoms with Gasteiger partial charge in [-0.2, -0.15) is 4.31 Å². The molecule has 0 aliphatic carbocycles. The molecule has 3 aromatic heterocycles. The number of halogens is 1. The second-order valence-electron chi connectivity index (χ2n) is 5.85. The van der Waals surface area contributed by atoms with Crippen molar-refractivity contribution in [3.63, 3.8) is 0 Å². The molecule has 7 nitrogen and oxygen atoms in total. The van der Waals surface area contributed by atoms with Gasteiger partial charge in [-0.3, -0.25) is 4.79 Å². The van der Waals surface area contributed by atoms with Gasteiger partial charge in [0.05, 0.1) is 8.66 Å². The van der Waals surface area contributed by atoms with E-state index in [0.717, 1.165) is 3.79 Å². The van der Waals surface area contributed by atoms with Gasteiger partial charge in [-0.05, 0) is 40.2 Å². The molecule has 1 amide bonds. The second kappa shape index (κ2) is 6.76. The Morgan fingerprint density at radius 2 is 1.96 bits per heavy atom. The molecule has 0 bridgehead atoms. The molecule has 4 heterocycles. The van der Waals surface area contributed by atoms with E-state index >= 15 is 0 Å². The number of sulfonamides is 1. The van der Waals surface area contributed by atoms with Crippen LogP contribution in [-0.2, 0) is 10.0 Å². The van der Waals surface area contributed by atoms with Gasteiger partial charge in [0.2, 0.25) is 10.0 Å². The van der Waals surface area contributed by atoms with Crippen LogP contribution in [0.3, 0.4) is 0 Å². The molecule has 26 heavy (non-hydrogen) atoms. The van der Waals surface area contributed by atoms with Crippen molar-refractivity contribution >= 4 is 54.2 Å². The van der Waals surface area contributed by atoms with Crippen LogP contribution < -0.4 is 0 Å². The number of nitrogens with one attached hydrogen (secondary N) is 1. The Hall–Kier alpha value is -1.75. The van der Waals surface area contributed by atoms with E-state index in [2.05, 4.69) is 25.9 Å². The lowest BCUT2D eigenvalue weighted by atomic mass is 10.3. The average molecular weight is 455 g/mol. The van der Waals surface area contributed by atoms with Gasteiger partial charge in [0.15, 0.2) is 0 Å². The zero-order chi connectivity index (χ0) is 18.3. The number of hydrogen-bond acceptors (Lipinski definition) is 5. The Balaban J connectivity index is 1.51. The molecule has 4 rings (SSSR count). The summed E-state index contributed by atoms with van der Waals surface area (Å²) in [6, 6.07) is 7.06. The maximum Gasteiger partial charge on any atom is 0.264 e. The molecule has 10 heteroatoms.